The number of ether oxygens (including phenoxy) is 2. The molecule has 1 aromatic carbocycles. The zero-order chi connectivity index (χ0) is 26.7. The van der Waals surface area contributed by atoms with E-state index in [1.807, 2.05) is 0 Å². The lowest BCUT2D eigenvalue weighted by molar-refractivity contribution is -0.176. The number of carbonyl (C=O) groups excluding carboxylic acids is 2. The maximum atomic E-state index is 13.6. The van der Waals surface area contributed by atoms with Gasteiger partial charge in [-0.05, 0) is 48.6 Å². The number of rotatable bonds is 6. The quantitative estimate of drug-likeness (QED) is 0.163. The number of halogens is 6. The van der Waals surface area contributed by atoms with Crippen LogP contribution in [0.2, 0.25) is 0 Å². The van der Waals surface area contributed by atoms with E-state index >= 15 is 0 Å². The van der Waals surface area contributed by atoms with Crippen LogP contribution in [0, 0.1) is 32.5 Å². The van der Waals surface area contributed by atoms with Gasteiger partial charge in [0.25, 0.3) is 0 Å². The van der Waals surface area contributed by atoms with Crippen molar-refractivity contribution in [2.75, 3.05) is 0 Å². The number of fused-ring (bicyclic) bond motifs is 2. The van der Waals surface area contributed by atoms with E-state index in [0.717, 1.165) is 25.7 Å². The summed E-state index contributed by atoms with van der Waals surface area (Å²) in [6.07, 6.45) is 3.34. The molecule has 6 aliphatic carbocycles. The van der Waals surface area contributed by atoms with Crippen LogP contribution in [0.15, 0.2) is 24.3 Å². The first kappa shape index (κ1) is 28.6. The highest BCUT2D eigenvalue weighted by Crippen LogP contribution is 2.83. The predicted molar refractivity (Wildman–Crippen MR) is 162 cm³/mol. The third-order valence-electron chi connectivity index (χ3n) is 10.9. The van der Waals surface area contributed by atoms with Gasteiger partial charge in [0.2, 0.25) is 0 Å². The van der Waals surface area contributed by atoms with Gasteiger partial charge in [0.15, 0.2) is 0 Å². The van der Waals surface area contributed by atoms with Crippen LogP contribution >= 0.6 is 95.6 Å². The van der Waals surface area contributed by atoms with Crippen molar-refractivity contribution in [3.63, 3.8) is 0 Å². The fourth-order valence-electron chi connectivity index (χ4n) is 8.29. The Balaban J connectivity index is 1.34. The normalized spacial score (nSPS) is 41.1. The van der Waals surface area contributed by atoms with Gasteiger partial charge < -0.3 is 9.47 Å². The summed E-state index contributed by atoms with van der Waals surface area (Å²) >= 11 is 22.6. The molecule has 6 atom stereocenters. The Kier molecular flexibility index (Phi) is 6.96. The fraction of sp³-hybridized carbons (Fsp3) is 0.692. The molecule has 36 heavy (non-hydrogen) atoms. The van der Waals surface area contributed by atoms with Crippen LogP contribution in [0.4, 0.5) is 0 Å². The SMILES string of the molecule is CC1(C)C2(C(=O)Oc3cccc(OC(=O)C45CCC(C(Br)Br)(C4Br)C5(C)C)c3)CCC1(C(Br)Br)C2Br. The Bertz CT molecular complexity index is 1050. The number of hydrogen-bond donors (Lipinski definition) is 0. The molecule has 6 fully saturated rings. The summed E-state index contributed by atoms with van der Waals surface area (Å²) in [5, 5.41) is 0. The third-order valence-corrected chi connectivity index (χ3v) is 17.4. The molecule has 6 aliphatic rings. The van der Waals surface area contributed by atoms with E-state index in [0.29, 0.717) is 11.5 Å². The van der Waals surface area contributed by atoms with E-state index in [1.165, 1.54) is 0 Å². The zero-order valence-electron chi connectivity index (χ0n) is 20.3. The lowest BCUT2D eigenvalue weighted by Gasteiger charge is -2.65. The summed E-state index contributed by atoms with van der Waals surface area (Å²) in [6, 6.07) is 6.88. The highest BCUT2D eigenvalue weighted by atomic mass is 79.9. The third kappa shape index (κ3) is 2.96. The van der Waals surface area contributed by atoms with Gasteiger partial charge in [-0.2, -0.15) is 0 Å². The second-order valence-corrected chi connectivity index (χ2v) is 19.8. The molecule has 10 heteroatoms. The minimum atomic E-state index is -0.618. The Labute approximate surface area is 262 Å². The molecular weight excluding hydrogens is 856 g/mol. The molecule has 0 spiro atoms. The van der Waals surface area contributed by atoms with E-state index in [2.05, 4.69) is 123 Å². The zero-order valence-corrected chi connectivity index (χ0v) is 29.9. The summed E-state index contributed by atoms with van der Waals surface area (Å²) in [5.74, 6) is 0.284. The molecule has 4 nitrogen and oxygen atoms in total. The van der Waals surface area contributed by atoms with Gasteiger partial charge in [-0.1, -0.05) is 129 Å². The standard InChI is InChI=1S/C26H28Br6O4/c1-21(2)23(17(29)30)8-10-25(21,15(23)27)19(33)35-13-6-5-7-14(12-13)36-20(34)26-11-9-24(16(26)28,18(31)32)22(26,3)4/h5-7,12,15-18H,8-11H2,1-4H3. The van der Waals surface area contributed by atoms with Crippen molar-refractivity contribution in [3.8, 4) is 11.5 Å². The Hall–Kier alpha value is 1.04. The number of carbonyl (C=O) groups is 2. The van der Waals surface area contributed by atoms with E-state index in [4.69, 9.17) is 9.47 Å². The maximum Gasteiger partial charge on any atom is 0.319 e. The molecule has 7 rings (SSSR count). The van der Waals surface area contributed by atoms with Crippen LogP contribution < -0.4 is 9.47 Å². The molecule has 6 unspecified atom stereocenters. The molecule has 198 valence electrons. The van der Waals surface area contributed by atoms with E-state index in [9.17, 15) is 9.59 Å². The number of hydrogen-bond acceptors (Lipinski definition) is 4. The van der Waals surface area contributed by atoms with Crippen molar-refractivity contribution in [2.24, 2.45) is 32.5 Å². The van der Waals surface area contributed by atoms with Crippen molar-refractivity contribution in [3.05, 3.63) is 24.3 Å². The molecule has 0 aliphatic heterocycles. The topological polar surface area (TPSA) is 52.6 Å². The number of benzene rings is 1. The van der Waals surface area contributed by atoms with Crippen molar-refractivity contribution in [1.82, 2.24) is 0 Å². The first-order chi connectivity index (χ1) is 16.6. The predicted octanol–water partition coefficient (Wildman–Crippen LogP) is 8.87. The highest BCUT2D eigenvalue weighted by Gasteiger charge is 2.85. The van der Waals surface area contributed by atoms with Gasteiger partial charge in [0, 0.05) is 26.6 Å². The molecule has 0 radical (unpaired) electrons. The molecule has 4 bridgehead atoms. The second kappa shape index (κ2) is 8.77. The smallest absolute Gasteiger partial charge is 0.319 e. The number of esters is 2. The average molecular weight is 884 g/mol. The van der Waals surface area contributed by atoms with Gasteiger partial charge in [-0.3, -0.25) is 9.59 Å². The minimum Gasteiger partial charge on any atom is -0.426 e. The Morgan fingerprint density at radius 2 is 1.11 bits per heavy atom. The van der Waals surface area contributed by atoms with Crippen molar-refractivity contribution < 1.29 is 19.1 Å². The lowest BCUT2D eigenvalue weighted by atomic mass is 9.43. The van der Waals surface area contributed by atoms with Crippen molar-refractivity contribution in [1.29, 1.82) is 0 Å². The second-order valence-electron chi connectivity index (χ2n) is 11.9. The van der Waals surface area contributed by atoms with Gasteiger partial charge >= 0.3 is 11.9 Å². The van der Waals surface area contributed by atoms with Gasteiger partial charge in [-0.25, -0.2) is 0 Å². The molecule has 0 amide bonds. The van der Waals surface area contributed by atoms with Crippen LogP contribution in [0.25, 0.3) is 0 Å². The largest absolute Gasteiger partial charge is 0.426 e. The molecule has 0 aromatic heterocycles. The van der Waals surface area contributed by atoms with E-state index in [1.54, 1.807) is 24.3 Å². The molecule has 6 saturated carbocycles. The summed E-state index contributed by atoms with van der Waals surface area (Å²) in [4.78, 5) is 27.2. The molecule has 0 N–H and O–H groups in total. The molecular formula is C26H28Br6O4. The summed E-state index contributed by atoms with van der Waals surface area (Å²) < 4.78 is 12.1. The fourth-order valence-corrected chi connectivity index (χ4v) is 18.1. The van der Waals surface area contributed by atoms with Gasteiger partial charge in [-0.15, -0.1) is 0 Å². The summed E-state index contributed by atoms with van der Waals surface area (Å²) in [5.41, 5.74) is -1.91. The maximum absolute atomic E-state index is 13.6. The Morgan fingerprint density at radius 1 is 0.750 bits per heavy atom. The summed E-state index contributed by atoms with van der Waals surface area (Å²) in [6.45, 7) is 8.59. The van der Waals surface area contributed by atoms with Crippen LogP contribution in [-0.4, -0.2) is 29.1 Å². The van der Waals surface area contributed by atoms with E-state index in [-0.39, 0.29) is 50.7 Å². The minimum absolute atomic E-state index is 0.00380. The van der Waals surface area contributed by atoms with Crippen LogP contribution in [0.5, 0.6) is 11.5 Å². The molecule has 0 saturated heterocycles. The van der Waals surface area contributed by atoms with Crippen LogP contribution in [0.1, 0.15) is 53.4 Å². The summed E-state index contributed by atoms with van der Waals surface area (Å²) in [7, 11) is 0. The van der Waals surface area contributed by atoms with Gasteiger partial charge in [0.05, 0.1) is 18.3 Å². The van der Waals surface area contributed by atoms with E-state index < -0.39 is 10.8 Å². The van der Waals surface area contributed by atoms with Crippen LogP contribution in [0.3, 0.4) is 0 Å². The number of alkyl halides is 6. The Morgan fingerprint density at radius 3 is 1.39 bits per heavy atom. The monoisotopic (exact) mass is 878 g/mol. The first-order valence-corrected chi connectivity index (χ1v) is 17.5. The average Bonchev–Trinajstić information content (AvgIpc) is 3.45. The molecule has 0 heterocycles. The van der Waals surface area contributed by atoms with Crippen molar-refractivity contribution in [2.45, 2.75) is 70.5 Å². The first-order valence-electron chi connectivity index (χ1n) is 12.0. The lowest BCUT2D eigenvalue weighted by Crippen LogP contribution is -2.71. The van der Waals surface area contributed by atoms with Crippen molar-refractivity contribution >= 4 is 108 Å². The van der Waals surface area contributed by atoms with Gasteiger partial charge in [0.1, 0.15) is 11.5 Å². The van der Waals surface area contributed by atoms with Crippen LogP contribution in [-0.2, 0) is 9.59 Å². The molecule has 1 aromatic rings. The highest BCUT2D eigenvalue weighted by molar-refractivity contribution is 9.25.